The van der Waals surface area contributed by atoms with Gasteiger partial charge in [0.1, 0.15) is 0 Å². The van der Waals surface area contributed by atoms with Crippen molar-refractivity contribution >= 4 is 5.91 Å². The van der Waals surface area contributed by atoms with E-state index in [4.69, 9.17) is 0 Å². The monoisotopic (exact) mass is 254 g/mol. The van der Waals surface area contributed by atoms with Crippen molar-refractivity contribution in [1.29, 1.82) is 0 Å². The van der Waals surface area contributed by atoms with E-state index in [-0.39, 0.29) is 5.91 Å². The number of hydrogen-bond donors (Lipinski definition) is 2. The number of carbonyl (C=O) groups excluding carboxylic acids is 1. The highest BCUT2D eigenvalue weighted by molar-refractivity contribution is 5.75. The quantitative estimate of drug-likeness (QED) is 0.765. The lowest BCUT2D eigenvalue weighted by Gasteiger charge is -2.38. The molecule has 18 heavy (non-hydrogen) atoms. The zero-order valence-electron chi connectivity index (χ0n) is 12.5. The summed E-state index contributed by atoms with van der Waals surface area (Å²) in [4.78, 5) is 11.4. The summed E-state index contributed by atoms with van der Waals surface area (Å²) in [7, 11) is 0. The topological polar surface area (TPSA) is 41.1 Å². The summed E-state index contributed by atoms with van der Waals surface area (Å²) in [5.74, 6) is 2.49. The highest BCUT2D eigenvalue weighted by atomic mass is 16.1. The molecule has 0 aromatic rings. The molecule has 0 saturated heterocycles. The van der Waals surface area contributed by atoms with Gasteiger partial charge in [0.2, 0.25) is 5.91 Å². The fourth-order valence-corrected chi connectivity index (χ4v) is 3.09. The SMILES string of the molecule is CCNC(=O)CCNC1CC(C)CCC1C(C)C. The predicted molar refractivity (Wildman–Crippen MR) is 76.4 cm³/mol. The molecule has 106 valence electrons. The van der Waals surface area contributed by atoms with E-state index in [1.54, 1.807) is 0 Å². The Morgan fingerprint density at radius 2 is 2.06 bits per heavy atom. The standard InChI is InChI=1S/C15H30N2O/c1-5-16-15(18)8-9-17-14-10-12(4)6-7-13(14)11(2)3/h11-14,17H,5-10H2,1-4H3,(H,16,18). The van der Waals surface area contributed by atoms with Crippen molar-refractivity contribution in [3.63, 3.8) is 0 Å². The predicted octanol–water partition coefficient (Wildman–Crippen LogP) is 2.56. The van der Waals surface area contributed by atoms with Crippen LogP contribution in [0, 0.1) is 17.8 Å². The third-order valence-corrected chi connectivity index (χ3v) is 4.15. The van der Waals surface area contributed by atoms with Gasteiger partial charge in [0.15, 0.2) is 0 Å². The minimum atomic E-state index is 0.162. The van der Waals surface area contributed by atoms with Gasteiger partial charge in [-0.05, 0) is 37.5 Å². The molecule has 3 heteroatoms. The van der Waals surface area contributed by atoms with Gasteiger partial charge in [0.25, 0.3) is 0 Å². The van der Waals surface area contributed by atoms with Gasteiger partial charge in [-0.1, -0.05) is 27.2 Å². The highest BCUT2D eigenvalue weighted by Gasteiger charge is 2.30. The van der Waals surface area contributed by atoms with Crippen LogP contribution in [0.1, 0.15) is 53.4 Å². The number of hydrogen-bond acceptors (Lipinski definition) is 2. The van der Waals surface area contributed by atoms with Gasteiger partial charge in [-0.25, -0.2) is 0 Å². The molecule has 1 aliphatic rings. The van der Waals surface area contributed by atoms with Gasteiger partial charge >= 0.3 is 0 Å². The molecule has 1 fully saturated rings. The Balaban J connectivity index is 2.34. The first kappa shape index (κ1) is 15.5. The maximum atomic E-state index is 11.4. The smallest absolute Gasteiger partial charge is 0.221 e. The fourth-order valence-electron chi connectivity index (χ4n) is 3.09. The molecule has 3 unspecified atom stereocenters. The highest BCUT2D eigenvalue weighted by Crippen LogP contribution is 2.33. The number of rotatable bonds is 6. The first-order chi connectivity index (χ1) is 8.54. The molecular formula is C15H30N2O. The lowest BCUT2D eigenvalue weighted by Crippen LogP contribution is -2.44. The van der Waals surface area contributed by atoms with Gasteiger partial charge in [-0.3, -0.25) is 4.79 Å². The summed E-state index contributed by atoms with van der Waals surface area (Å²) < 4.78 is 0. The molecule has 3 atom stereocenters. The van der Waals surface area contributed by atoms with E-state index in [0.29, 0.717) is 12.5 Å². The van der Waals surface area contributed by atoms with Crippen LogP contribution in [-0.4, -0.2) is 25.0 Å². The van der Waals surface area contributed by atoms with Gasteiger partial charge < -0.3 is 10.6 Å². The molecule has 0 aromatic carbocycles. The maximum Gasteiger partial charge on any atom is 0.221 e. The molecule has 3 nitrogen and oxygen atoms in total. The van der Waals surface area contributed by atoms with Crippen LogP contribution >= 0.6 is 0 Å². The minimum Gasteiger partial charge on any atom is -0.356 e. The van der Waals surface area contributed by atoms with Crippen LogP contribution in [0.15, 0.2) is 0 Å². The molecule has 1 aliphatic carbocycles. The lowest BCUT2D eigenvalue weighted by atomic mass is 9.74. The third-order valence-electron chi connectivity index (χ3n) is 4.15. The molecule has 0 aromatic heterocycles. The summed E-state index contributed by atoms with van der Waals surface area (Å²) in [5.41, 5.74) is 0. The van der Waals surface area contributed by atoms with E-state index in [1.807, 2.05) is 6.92 Å². The first-order valence-electron chi connectivity index (χ1n) is 7.54. The minimum absolute atomic E-state index is 0.162. The lowest BCUT2D eigenvalue weighted by molar-refractivity contribution is -0.120. The Hall–Kier alpha value is -0.570. The molecular weight excluding hydrogens is 224 g/mol. The second kappa shape index (κ2) is 7.78. The summed E-state index contributed by atoms with van der Waals surface area (Å²) in [6.45, 7) is 10.5. The van der Waals surface area contributed by atoms with E-state index in [0.717, 1.165) is 30.8 Å². The zero-order valence-corrected chi connectivity index (χ0v) is 12.5. The zero-order chi connectivity index (χ0) is 13.5. The normalized spacial score (nSPS) is 28.4. The Morgan fingerprint density at radius 3 is 2.67 bits per heavy atom. The molecule has 1 rings (SSSR count). The third kappa shape index (κ3) is 4.97. The van der Waals surface area contributed by atoms with Gasteiger partial charge in [0, 0.05) is 25.6 Å². The van der Waals surface area contributed by atoms with Crippen LogP contribution in [0.4, 0.5) is 0 Å². The Morgan fingerprint density at radius 1 is 1.33 bits per heavy atom. The summed E-state index contributed by atoms with van der Waals surface area (Å²) in [6, 6.07) is 0.600. The van der Waals surface area contributed by atoms with E-state index < -0.39 is 0 Å². The van der Waals surface area contributed by atoms with Crippen LogP contribution in [-0.2, 0) is 4.79 Å². The first-order valence-corrected chi connectivity index (χ1v) is 7.54. The number of nitrogens with one attached hydrogen (secondary N) is 2. The van der Waals surface area contributed by atoms with Crippen molar-refractivity contribution < 1.29 is 4.79 Å². The maximum absolute atomic E-state index is 11.4. The van der Waals surface area contributed by atoms with Crippen molar-refractivity contribution in [1.82, 2.24) is 10.6 Å². The molecule has 1 amide bonds. The molecule has 0 heterocycles. The van der Waals surface area contributed by atoms with Crippen molar-refractivity contribution in [3.05, 3.63) is 0 Å². The largest absolute Gasteiger partial charge is 0.356 e. The van der Waals surface area contributed by atoms with Crippen LogP contribution in [0.3, 0.4) is 0 Å². The summed E-state index contributed by atoms with van der Waals surface area (Å²) in [5, 5.41) is 6.46. The van der Waals surface area contributed by atoms with Gasteiger partial charge in [-0.2, -0.15) is 0 Å². The van der Waals surface area contributed by atoms with Crippen LogP contribution < -0.4 is 10.6 Å². The van der Waals surface area contributed by atoms with Crippen LogP contribution in [0.2, 0.25) is 0 Å². The average Bonchev–Trinajstić information content (AvgIpc) is 2.29. The summed E-state index contributed by atoms with van der Waals surface area (Å²) >= 11 is 0. The van der Waals surface area contributed by atoms with E-state index in [9.17, 15) is 4.79 Å². The molecule has 2 N–H and O–H groups in total. The van der Waals surface area contributed by atoms with Crippen molar-refractivity contribution in [2.24, 2.45) is 17.8 Å². The molecule has 0 radical (unpaired) electrons. The Kier molecular flexibility index (Phi) is 6.69. The van der Waals surface area contributed by atoms with Gasteiger partial charge in [-0.15, -0.1) is 0 Å². The van der Waals surface area contributed by atoms with Crippen LogP contribution in [0.25, 0.3) is 0 Å². The Bertz CT molecular complexity index is 253. The van der Waals surface area contributed by atoms with Crippen LogP contribution in [0.5, 0.6) is 0 Å². The van der Waals surface area contributed by atoms with Crippen molar-refractivity contribution in [2.75, 3.05) is 13.1 Å². The second-order valence-corrected chi connectivity index (χ2v) is 6.09. The summed E-state index contributed by atoms with van der Waals surface area (Å²) in [6.07, 6.45) is 4.55. The average molecular weight is 254 g/mol. The van der Waals surface area contributed by atoms with E-state index >= 15 is 0 Å². The van der Waals surface area contributed by atoms with Crippen molar-refractivity contribution in [3.8, 4) is 0 Å². The second-order valence-electron chi connectivity index (χ2n) is 6.09. The number of carbonyl (C=O) groups is 1. The Labute approximate surface area is 112 Å². The number of amides is 1. The van der Waals surface area contributed by atoms with E-state index in [2.05, 4.69) is 31.4 Å². The molecule has 0 aliphatic heterocycles. The molecule has 1 saturated carbocycles. The van der Waals surface area contributed by atoms with Crippen molar-refractivity contribution in [2.45, 2.75) is 59.4 Å². The fraction of sp³-hybridized carbons (Fsp3) is 0.933. The van der Waals surface area contributed by atoms with Gasteiger partial charge in [0.05, 0.1) is 0 Å². The molecule has 0 bridgehead atoms. The van der Waals surface area contributed by atoms with E-state index in [1.165, 1.54) is 19.3 Å². The molecule has 0 spiro atoms.